The first-order valence-corrected chi connectivity index (χ1v) is 9.36. The van der Waals surface area contributed by atoms with Crippen molar-refractivity contribution in [3.8, 4) is 0 Å². The summed E-state index contributed by atoms with van der Waals surface area (Å²) in [7, 11) is 0. The van der Waals surface area contributed by atoms with Crippen molar-refractivity contribution in [2.75, 3.05) is 32.8 Å². The number of nitrogens with zero attached hydrogens (tertiary/aromatic N) is 1. The Bertz CT molecular complexity index is 751. The summed E-state index contributed by atoms with van der Waals surface area (Å²) < 4.78 is 11.2. The smallest absolute Gasteiger partial charge is 0.220 e. The first-order chi connectivity index (χ1) is 13.1. The molecule has 2 aromatic rings. The zero-order valence-electron chi connectivity index (χ0n) is 15.6. The van der Waals surface area contributed by atoms with Crippen LogP contribution in [0.3, 0.4) is 0 Å². The minimum atomic E-state index is -0.124. The molecule has 2 heterocycles. The molecule has 1 amide bonds. The zero-order chi connectivity index (χ0) is 19.1. The predicted octanol–water partition coefficient (Wildman–Crippen LogP) is 2.74. The van der Waals surface area contributed by atoms with E-state index in [-0.39, 0.29) is 30.6 Å². The average molecular weight is 370 g/mol. The SMILES string of the molecule is Cc1ccc(C(CNC(=O)CCC(=O)c2ccccc2)N2CCOCC2)o1. The number of benzene rings is 1. The Labute approximate surface area is 159 Å². The predicted molar refractivity (Wildman–Crippen MR) is 102 cm³/mol. The fourth-order valence-electron chi connectivity index (χ4n) is 3.23. The minimum Gasteiger partial charge on any atom is -0.465 e. The number of carbonyl (C=O) groups excluding carboxylic acids is 2. The number of rotatable bonds is 8. The summed E-state index contributed by atoms with van der Waals surface area (Å²) in [6.07, 6.45) is 0.388. The molecule has 1 atom stereocenters. The van der Waals surface area contributed by atoms with E-state index in [4.69, 9.17) is 9.15 Å². The van der Waals surface area contributed by atoms with Crippen molar-refractivity contribution < 1.29 is 18.7 Å². The summed E-state index contributed by atoms with van der Waals surface area (Å²) in [4.78, 5) is 26.7. The largest absolute Gasteiger partial charge is 0.465 e. The molecular weight excluding hydrogens is 344 g/mol. The van der Waals surface area contributed by atoms with Gasteiger partial charge in [-0.25, -0.2) is 0 Å². The molecule has 1 aromatic heterocycles. The van der Waals surface area contributed by atoms with Crippen molar-refractivity contribution in [3.63, 3.8) is 0 Å². The van der Waals surface area contributed by atoms with Crippen LogP contribution in [0.5, 0.6) is 0 Å². The van der Waals surface area contributed by atoms with Crippen LogP contribution in [0.4, 0.5) is 0 Å². The van der Waals surface area contributed by atoms with Gasteiger partial charge < -0.3 is 14.5 Å². The number of furan rings is 1. The highest BCUT2D eigenvalue weighted by Crippen LogP contribution is 2.23. The van der Waals surface area contributed by atoms with Crippen molar-refractivity contribution in [1.29, 1.82) is 0 Å². The number of nitrogens with one attached hydrogen (secondary N) is 1. The summed E-state index contributed by atoms with van der Waals surface area (Å²) in [5.41, 5.74) is 0.641. The molecule has 1 unspecified atom stereocenters. The van der Waals surface area contributed by atoms with Crippen LogP contribution in [-0.2, 0) is 9.53 Å². The van der Waals surface area contributed by atoms with E-state index in [0.717, 1.165) is 24.6 Å². The lowest BCUT2D eigenvalue weighted by molar-refractivity contribution is -0.121. The molecule has 27 heavy (non-hydrogen) atoms. The van der Waals surface area contributed by atoms with Crippen LogP contribution in [0.25, 0.3) is 0 Å². The van der Waals surface area contributed by atoms with E-state index in [1.165, 1.54) is 0 Å². The van der Waals surface area contributed by atoms with E-state index in [2.05, 4.69) is 10.2 Å². The highest BCUT2D eigenvalue weighted by molar-refractivity contribution is 5.97. The molecule has 144 valence electrons. The second kappa shape index (κ2) is 9.48. The molecule has 6 heteroatoms. The Morgan fingerprint density at radius 3 is 2.48 bits per heavy atom. The number of ether oxygens (including phenoxy) is 1. The number of carbonyl (C=O) groups is 2. The Kier molecular flexibility index (Phi) is 6.79. The van der Waals surface area contributed by atoms with Crippen molar-refractivity contribution in [2.24, 2.45) is 0 Å². The highest BCUT2D eigenvalue weighted by atomic mass is 16.5. The molecule has 1 N–H and O–H groups in total. The van der Waals surface area contributed by atoms with Gasteiger partial charge in [-0.1, -0.05) is 30.3 Å². The summed E-state index contributed by atoms with van der Waals surface area (Å²) in [5.74, 6) is 1.55. The number of morpholine rings is 1. The van der Waals surface area contributed by atoms with Gasteiger partial charge in [0.1, 0.15) is 11.5 Å². The summed E-state index contributed by atoms with van der Waals surface area (Å²) in [6.45, 7) is 5.31. The molecule has 0 aliphatic carbocycles. The van der Waals surface area contributed by atoms with E-state index < -0.39 is 0 Å². The molecule has 0 bridgehead atoms. The molecule has 0 spiro atoms. The Hall–Kier alpha value is -2.44. The second-order valence-corrected chi connectivity index (χ2v) is 6.71. The second-order valence-electron chi connectivity index (χ2n) is 6.71. The van der Waals surface area contributed by atoms with Crippen LogP contribution < -0.4 is 5.32 Å². The number of amides is 1. The molecule has 1 saturated heterocycles. The summed E-state index contributed by atoms with van der Waals surface area (Å²) in [5, 5.41) is 2.96. The van der Waals surface area contributed by atoms with E-state index in [9.17, 15) is 9.59 Å². The van der Waals surface area contributed by atoms with E-state index in [1.54, 1.807) is 12.1 Å². The minimum absolute atomic E-state index is 0.0165. The highest BCUT2D eigenvalue weighted by Gasteiger charge is 2.25. The van der Waals surface area contributed by atoms with Crippen LogP contribution in [0.15, 0.2) is 46.9 Å². The third-order valence-corrected chi connectivity index (χ3v) is 4.74. The molecular formula is C21H26N2O4. The van der Waals surface area contributed by atoms with Gasteiger partial charge >= 0.3 is 0 Å². The van der Waals surface area contributed by atoms with E-state index >= 15 is 0 Å². The quantitative estimate of drug-likeness (QED) is 0.724. The lowest BCUT2D eigenvalue weighted by Crippen LogP contribution is -2.43. The number of Topliss-reactive ketones (excluding diaryl/α,β-unsaturated/α-hetero) is 1. The van der Waals surface area contributed by atoms with Gasteiger partial charge in [-0.2, -0.15) is 0 Å². The Morgan fingerprint density at radius 2 is 1.81 bits per heavy atom. The molecule has 1 fully saturated rings. The molecule has 6 nitrogen and oxygen atoms in total. The van der Waals surface area contributed by atoms with Gasteiger partial charge in [0.2, 0.25) is 5.91 Å². The van der Waals surface area contributed by atoms with Crippen molar-refractivity contribution in [1.82, 2.24) is 10.2 Å². The maximum Gasteiger partial charge on any atom is 0.220 e. The third-order valence-electron chi connectivity index (χ3n) is 4.74. The molecule has 0 radical (unpaired) electrons. The first kappa shape index (κ1) is 19.3. The molecule has 0 saturated carbocycles. The standard InChI is InChI=1S/C21H26N2O4/c1-16-7-9-20(27-16)18(23-11-13-26-14-12-23)15-22-21(25)10-8-19(24)17-5-3-2-4-6-17/h2-7,9,18H,8,10-15H2,1H3,(H,22,25). The maximum atomic E-state index is 12.3. The number of ketones is 1. The van der Waals surface area contributed by atoms with Crippen LogP contribution in [0.1, 0.15) is 40.8 Å². The normalized spacial score (nSPS) is 16.0. The molecule has 3 rings (SSSR count). The van der Waals surface area contributed by atoms with Gasteiger partial charge in [-0.3, -0.25) is 14.5 Å². The fraction of sp³-hybridized carbons (Fsp3) is 0.429. The van der Waals surface area contributed by atoms with Crippen molar-refractivity contribution >= 4 is 11.7 Å². The molecule has 1 aliphatic rings. The van der Waals surface area contributed by atoms with Crippen LogP contribution in [0, 0.1) is 6.92 Å². The number of hydrogen-bond acceptors (Lipinski definition) is 5. The van der Waals surface area contributed by atoms with Gasteiger partial charge in [-0.15, -0.1) is 0 Å². The topological polar surface area (TPSA) is 71.8 Å². The first-order valence-electron chi connectivity index (χ1n) is 9.36. The Morgan fingerprint density at radius 1 is 1.07 bits per heavy atom. The number of aryl methyl sites for hydroxylation is 1. The van der Waals surface area contributed by atoms with Crippen molar-refractivity contribution in [3.05, 3.63) is 59.5 Å². The summed E-state index contributed by atoms with van der Waals surface area (Å²) >= 11 is 0. The van der Waals surface area contributed by atoms with E-state index in [1.807, 2.05) is 37.3 Å². The molecule has 1 aliphatic heterocycles. The monoisotopic (exact) mass is 370 g/mol. The van der Waals surface area contributed by atoms with Crippen molar-refractivity contribution in [2.45, 2.75) is 25.8 Å². The van der Waals surface area contributed by atoms with Crippen LogP contribution in [0.2, 0.25) is 0 Å². The van der Waals surface area contributed by atoms with Gasteiger partial charge in [0.05, 0.1) is 19.3 Å². The zero-order valence-corrected chi connectivity index (χ0v) is 15.6. The van der Waals surface area contributed by atoms with Gasteiger partial charge in [0, 0.05) is 38.0 Å². The van der Waals surface area contributed by atoms with Gasteiger partial charge in [-0.05, 0) is 19.1 Å². The van der Waals surface area contributed by atoms with Gasteiger partial charge in [0.25, 0.3) is 0 Å². The lowest BCUT2D eigenvalue weighted by Gasteiger charge is -2.33. The van der Waals surface area contributed by atoms with E-state index in [0.29, 0.717) is 25.3 Å². The lowest BCUT2D eigenvalue weighted by atomic mass is 10.1. The Balaban J connectivity index is 1.53. The van der Waals surface area contributed by atoms with Gasteiger partial charge in [0.15, 0.2) is 5.78 Å². The van der Waals surface area contributed by atoms with Crippen LogP contribution >= 0.6 is 0 Å². The van der Waals surface area contributed by atoms with Crippen LogP contribution in [-0.4, -0.2) is 49.4 Å². The number of hydrogen-bond donors (Lipinski definition) is 1. The molecule has 1 aromatic carbocycles. The average Bonchev–Trinajstić information content (AvgIpc) is 3.13. The fourth-order valence-corrected chi connectivity index (χ4v) is 3.23. The summed E-state index contributed by atoms with van der Waals surface area (Å²) in [6, 6.07) is 12.9. The maximum absolute atomic E-state index is 12.3. The third kappa shape index (κ3) is 5.52.